The normalized spacial score (nSPS) is 16.1. The molecule has 0 bridgehead atoms. The first-order valence-electron chi connectivity index (χ1n) is 8.31. The SMILES string of the molecule is CC(C)(O)c1c(F)c(-c2ccc(F)cc2)nc(C(CN)C2CC2)c1F. The van der Waals surface area contributed by atoms with Crippen molar-refractivity contribution in [2.45, 2.75) is 38.2 Å². The van der Waals surface area contributed by atoms with Gasteiger partial charge in [-0.05, 0) is 56.9 Å². The fourth-order valence-electron chi connectivity index (χ4n) is 3.17. The van der Waals surface area contributed by atoms with Gasteiger partial charge in [0.25, 0.3) is 0 Å². The first-order chi connectivity index (χ1) is 11.7. The van der Waals surface area contributed by atoms with Gasteiger partial charge in [-0.2, -0.15) is 0 Å². The number of hydrogen-bond acceptors (Lipinski definition) is 3. The van der Waals surface area contributed by atoms with E-state index in [1.54, 1.807) is 0 Å². The number of nitrogens with two attached hydrogens (primary N) is 1. The highest BCUT2D eigenvalue weighted by molar-refractivity contribution is 5.62. The van der Waals surface area contributed by atoms with Crippen molar-refractivity contribution in [3.8, 4) is 11.3 Å². The Balaban J connectivity index is 2.25. The van der Waals surface area contributed by atoms with Crippen LogP contribution in [0.1, 0.15) is 43.9 Å². The van der Waals surface area contributed by atoms with Gasteiger partial charge in [0.05, 0.1) is 16.9 Å². The molecule has 0 radical (unpaired) electrons. The molecule has 0 aliphatic heterocycles. The zero-order valence-corrected chi connectivity index (χ0v) is 14.2. The van der Waals surface area contributed by atoms with Crippen LogP contribution in [0.3, 0.4) is 0 Å². The van der Waals surface area contributed by atoms with Gasteiger partial charge in [0.15, 0.2) is 11.6 Å². The summed E-state index contributed by atoms with van der Waals surface area (Å²) in [5.41, 5.74) is 3.93. The largest absolute Gasteiger partial charge is 0.386 e. The van der Waals surface area contributed by atoms with Crippen LogP contribution in [0, 0.1) is 23.4 Å². The predicted octanol–water partition coefficient (Wildman–Crippen LogP) is 3.85. The van der Waals surface area contributed by atoms with Crippen LogP contribution in [-0.2, 0) is 5.60 Å². The van der Waals surface area contributed by atoms with Crippen LogP contribution in [0.15, 0.2) is 24.3 Å². The number of aromatic nitrogens is 1. The highest BCUT2D eigenvalue weighted by atomic mass is 19.1. The van der Waals surface area contributed by atoms with Crippen LogP contribution >= 0.6 is 0 Å². The van der Waals surface area contributed by atoms with E-state index < -0.39 is 28.6 Å². The number of halogens is 3. The molecule has 1 heterocycles. The van der Waals surface area contributed by atoms with Crippen molar-refractivity contribution in [3.63, 3.8) is 0 Å². The fraction of sp³-hybridized carbons (Fsp3) is 0.421. The lowest BCUT2D eigenvalue weighted by Gasteiger charge is -2.24. The molecule has 3 N–H and O–H groups in total. The van der Waals surface area contributed by atoms with E-state index in [4.69, 9.17) is 5.73 Å². The molecule has 1 unspecified atom stereocenters. The van der Waals surface area contributed by atoms with Crippen LogP contribution in [0.5, 0.6) is 0 Å². The highest BCUT2D eigenvalue weighted by Crippen LogP contribution is 2.44. The predicted molar refractivity (Wildman–Crippen MR) is 89.3 cm³/mol. The Labute approximate surface area is 144 Å². The third kappa shape index (κ3) is 3.41. The Morgan fingerprint density at radius 1 is 1.16 bits per heavy atom. The molecule has 1 atom stereocenters. The quantitative estimate of drug-likeness (QED) is 0.861. The molecule has 6 heteroatoms. The van der Waals surface area contributed by atoms with Crippen molar-refractivity contribution in [3.05, 3.63) is 53.0 Å². The van der Waals surface area contributed by atoms with Crippen molar-refractivity contribution in [2.24, 2.45) is 11.7 Å². The molecule has 1 aromatic carbocycles. The molecular formula is C19H21F3N2O. The van der Waals surface area contributed by atoms with Gasteiger partial charge in [0.2, 0.25) is 0 Å². The molecule has 1 saturated carbocycles. The summed E-state index contributed by atoms with van der Waals surface area (Å²) in [7, 11) is 0. The number of rotatable bonds is 5. The van der Waals surface area contributed by atoms with E-state index in [-0.39, 0.29) is 29.8 Å². The average molecular weight is 350 g/mol. The summed E-state index contributed by atoms with van der Waals surface area (Å²) < 4.78 is 43.2. The second-order valence-corrected chi connectivity index (χ2v) is 7.09. The standard InChI is InChI=1S/C19H21F3N2O/c1-19(2,25)14-15(21)17(11-5-7-12(20)8-6-11)24-18(16(14)22)13(9-23)10-3-4-10/h5-8,10,13,25H,3-4,9,23H2,1-2H3. The third-order valence-electron chi connectivity index (χ3n) is 4.63. The molecule has 0 amide bonds. The molecule has 1 aliphatic rings. The molecule has 1 aliphatic carbocycles. The lowest BCUT2D eigenvalue weighted by Crippen LogP contribution is -2.25. The summed E-state index contributed by atoms with van der Waals surface area (Å²) in [6.45, 7) is 2.83. The highest BCUT2D eigenvalue weighted by Gasteiger charge is 2.38. The topological polar surface area (TPSA) is 59.1 Å². The van der Waals surface area contributed by atoms with Gasteiger partial charge in [-0.1, -0.05) is 0 Å². The number of aliphatic hydroxyl groups is 1. The Bertz CT molecular complexity index is 781. The molecule has 3 rings (SSSR count). The molecule has 0 saturated heterocycles. The first-order valence-corrected chi connectivity index (χ1v) is 8.31. The van der Waals surface area contributed by atoms with E-state index in [0.717, 1.165) is 12.8 Å². The summed E-state index contributed by atoms with van der Waals surface area (Å²) in [5, 5.41) is 10.3. The second kappa shape index (κ2) is 6.42. The maximum Gasteiger partial charge on any atom is 0.158 e. The summed E-state index contributed by atoms with van der Waals surface area (Å²) in [6.07, 6.45) is 1.84. The van der Waals surface area contributed by atoms with E-state index >= 15 is 4.39 Å². The molecule has 3 nitrogen and oxygen atoms in total. The molecular weight excluding hydrogens is 329 g/mol. The second-order valence-electron chi connectivity index (χ2n) is 7.09. The molecule has 1 fully saturated rings. The van der Waals surface area contributed by atoms with E-state index in [0.29, 0.717) is 5.56 Å². The minimum Gasteiger partial charge on any atom is -0.386 e. The number of hydrogen-bond donors (Lipinski definition) is 2. The summed E-state index contributed by atoms with van der Waals surface area (Å²) in [6, 6.07) is 5.13. The molecule has 134 valence electrons. The van der Waals surface area contributed by atoms with Crippen LogP contribution < -0.4 is 5.73 Å². The maximum atomic E-state index is 15.0. The van der Waals surface area contributed by atoms with Crippen LogP contribution in [0.2, 0.25) is 0 Å². The summed E-state index contributed by atoms with van der Waals surface area (Å²) in [5.74, 6) is -2.37. The summed E-state index contributed by atoms with van der Waals surface area (Å²) >= 11 is 0. The lowest BCUT2D eigenvalue weighted by molar-refractivity contribution is 0.0697. The zero-order valence-electron chi connectivity index (χ0n) is 14.2. The summed E-state index contributed by atoms with van der Waals surface area (Å²) in [4.78, 5) is 4.21. The number of nitrogens with zero attached hydrogens (tertiary/aromatic N) is 1. The van der Waals surface area contributed by atoms with Gasteiger partial charge in [0, 0.05) is 18.0 Å². The van der Waals surface area contributed by atoms with Crippen LogP contribution in [0.25, 0.3) is 11.3 Å². The first kappa shape index (κ1) is 17.9. The third-order valence-corrected chi connectivity index (χ3v) is 4.63. The van der Waals surface area contributed by atoms with Gasteiger partial charge < -0.3 is 10.8 Å². The van der Waals surface area contributed by atoms with Gasteiger partial charge in [-0.25, -0.2) is 18.2 Å². The van der Waals surface area contributed by atoms with Crippen molar-refractivity contribution in [1.29, 1.82) is 0 Å². The average Bonchev–Trinajstić information content (AvgIpc) is 3.35. The maximum absolute atomic E-state index is 15.0. The molecule has 25 heavy (non-hydrogen) atoms. The molecule has 2 aromatic rings. The van der Waals surface area contributed by atoms with Gasteiger partial charge >= 0.3 is 0 Å². The Kier molecular flexibility index (Phi) is 4.60. The van der Waals surface area contributed by atoms with Crippen molar-refractivity contribution in [1.82, 2.24) is 4.98 Å². The molecule has 0 spiro atoms. The van der Waals surface area contributed by atoms with Crippen LogP contribution in [-0.4, -0.2) is 16.6 Å². The number of pyridine rings is 1. The minimum atomic E-state index is -1.73. The van der Waals surface area contributed by atoms with E-state index in [2.05, 4.69) is 4.98 Å². The number of benzene rings is 1. The van der Waals surface area contributed by atoms with E-state index in [1.165, 1.54) is 38.1 Å². The smallest absolute Gasteiger partial charge is 0.158 e. The van der Waals surface area contributed by atoms with Crippen LogP contribution in [0.4, 0.5) is 13.2 Å². The Morgan fingerprint density at radius 2 is 1.76 bits per heavy atom. The van der Waals surface area contributed by atoms with Gasteiger partial charge in [-0.15, -0.1) is 0 Å². The zero-order chi connectivity index (χ0) is 18.4. The minimum absolute atomic E-state index is 0.0721. The Morgan fingerprint density at radius 3 is 2.24 bits per heavy atom. The Hall–Kier alpha value is -1.92. The van der Waals surface area contributed by atoms with Crippen molar-refractivity contribution < 1.29 is 18.3 Å². The van der Waals surface area contributed by atoms with E-state index in [9.17, 15) is 13.9 Å². The van der Waals surface area contributed by atoms with Crippen molar-refractivity contribution in [2.75, 3.05) is 6.54 Å². The molecule has 1 aromatic heterocycles. The lowest BCUT2D eigenvalue weighted by atomic mass is 9.90. The van der Waals surface area contributed by atoms with Gasteiger partial charge in [0.1, 0.15) is 11.5 Å². The van der Waals surface area contributed by atoms with E-state index in [1.807, 2.05) is 0 Å². The van der Waals surface area contributed by atoms with Crippen molar-refractivity contribution >= 4 is 0 Å². The monoisotopic (exact) mass is 350 g/mol. The fourth-order valence-corrected chi connectivity index (χ4v) is 3.17. The van der Waals surface area contributed by atoms with Gasteiger partial charge in [-0.3, -0.25) is 0 Å².